The first-order chi connectivity index (χ1) is 62.6. The number of nitrogens with one attached hydrogen (secondary N) is 4. The molecular weight excluding hydrogens is 1760 g/mol. The molecule has 0 spiro atoms. The number of carboxylic acids is 4. The number of anilines is 10. The molecule has 133 heavy (non-hydrogen) atoms. The number of hydrogen-bond acceptors (Lipinski definition) is 40. The third-order valence-electron chi connectivity index (χ3n) is 14.1. The van der Waals surface area contributed by atoms with E-state index >= 15 is 0 Å². The number of aliphatic imine (C=N–C) groups is 1. The molecule has 1 aromatic carbocycles. The number of benzene rings is 1. The van der Waals surface area contributed by atoms with Crippen LogP contribution in [0.4, 0.5) is 64.3 Å². The van der Waals surface area contributed by atoms with Gasteiger partial charge >= 0.3 is 23.9 Å². The number of carboxylic acid groups (broad SMARTS) is 4. The van der Waals surface area contributed by atoms with Crippen LogP contribution in [0.2, 0.25) is 0 Å². The van der Waals surface area contributed by atoms with Crippen molar-refractivity contribution in [1.82, 2.24) is 106 Å². The second-order valence-electron chi connectivity index (χ2n) is 24.9. The lowest BCUT2D eigenvalue weighted by Crippen LogP contribution is -2.40. The molecule has 0 saturated carbocycles. The summed E-state index contributed by atoms with van der Waals surface area (Å²) in [4.78, 5) is 191. The third-order valence-corrected chi connectivity index (χ3v) is 14.1. The maximum absolute atomic E-state index is 11.9. The Morgan fingerprint density at radius 1 is 0.459 bits per heavy atom. The van der Waals surface area contributed by atoms with E-state index in [1.165, 1.54) is 64.2 Å². The van der Waals surface area contributed by atoms with Crippen molar-refractivity contribution in [3.05, 3.63) is 140 Å². The van der Waals surface area contributed by atoms with Crippen LogP contribution >= 0.6 is 0 Å². The van der Waals surface area contributed by atoms with Gasteiger partial charge in [-0.25, -0.2) is 39.7 Å². The minimum atomic E-state index is -1.13. The summed E-state index contributed by atoms with van der Waals surface area (Å²) in [6.07, 6.45) is 23.8. The second kappa shape index (κ2) is 77.2. The van der Waals surface area contributed by atoms with Crippen LogP contribution in [-0.2, 0) is 72.4 Å². The first kappa shape index (κ1) is 128. The fourth-order valence-electron chi connectivity index (χ4n) is 8.81. The van der Waals surface area contributed by atoms with E-state index in [9.17, 15) is 43.2 Å². The molecule has 7 heterocycles. The molecule has 0 bridgehead atoms. The fraction of sp³-hybridized carbons (Fsp3) is 0.376. The molecule has 0 unspecified atom stereocenters. The Balaban J connectivity index is -0.000000351. The van der Waals surface area contributed by atoms with E-state index in [1.54, 1.807) is 69.8 Å². The van der Waals surface area contributed by atoms with Gasteiger partial charge in [0, 0.05) is 70.2 Å². The first-order valence-corrected chi connectivity index (χ1v) is 40.3. The zero-order valence-corrected chi connectivity index (χ0v) is 77.8. The van der Waals surface area contributed by atoms with Crippen molar-refractivity contribution >= 4 is 176 Å². The molecule has 8 rings (SSSR count). The van der Waals surface area contributed by atoms with Crippen molar-refractivity contribution in [2.75, 3.05) is 131 Å². The Hall–Kier alpha value is -16.0. The molecule has 0 aliphatic carbocycles. The Bertz CT molecular complexity index is 4870. The van der Waals surface area contributed by atoms with Gasteiger partial charge in [-0.3, -0.25) is 43.4 Å². The molecule has 8 aromatic rings. The summed E-state index contributed by atoms with van der Waals surface area (Å²) < 4.78 is 0. The van der Waals surface area contributed by atoms with Crippen molar-refractivity contribution in [3.8, 4) is 0 Å². The van der Waals surface area contributed by atoms with E-state index in [2.05, 4.69) is 130 Å². The number of amides is 4. The van der Waals surface area contributed by atoms with Gasteiger partial charge in [-0.2, -0.15) is 39.9 Å². The zero-order chi connectivity index (χ0) is 102. The monoisotopic (exact) mass is 1900 g/mol. The lowest BCUT2D eigenvalue weighted by atomic mass is 10.1. The molecule has 0 radical (unpaired) electrons. The predicted octanol–water partition coefficient (Wildman–Crippen LogP) is 5.23. The number of carbonyl (C=O) groups excluding carboxylic acids is 8. The lowest BCUT2D eigenvalue weighted by molar-refractivity contribution is -0.141. The maximum Gasteiger partial charge on any atom is 0.326 e. The molecule has 7 aromatic heterocycles. The number of fused-ring (bicyclic) bond motifs is 3. The van der Waals surface area contributed by atoms with E-state index in [4.69, 9.17) is 86.4 Å². The quantitative estimate of drug-likeness (QED) is 0.00843. The van der Waals surface area contributed by atoms with Crippen molar-refractivity contribution in [1.29, 1.82) is 0 Å². The number of Topliss-reactive ketones (excluding diaryl/α,β-unsaturated/α-hetero) is 1. The van der Waals surface area contributed by atoms with Crippen LogP contribution in [0.1, 0.15) is 144 Å². The number of ketones is 1. The smallest absolute Gasteiger partial charge is 0.326 e. The van der Waals surface area contributed by atoms with E-state index in [0.717, 1.165) is 68.5 Å². The molecule has 26 N–H and O–H groups in total. The van der Waals surface area contributed by atoms with Crippen LogP contribution in [0.5, 0.6) is 0 Å². The highest BCUT2D eigenvalue weighted by Gasteiger charge is 2.20. The SMILES string of the molecule is C.CC(=O)CC[C@H](NC(=O)/[13CH]=[13CH]/[13CH3])C(=O)O.CN(Cc1cnc2nc(N)nc(N)c2n1)[13CH2][13CH]=[13CH2].CN(Cc1cnc2nc(N)nc(N)c2n1)[13CH2][13CH]=[13CH2].CN(Cc1cnc2nc(N)nc(N)c2n1)c1ccc(C(=O)N[13CH2][13C](=O)O)cc1.CN([13CH2][13CH]=[13CH2])[13CH2][13CH2][13CH]=Nc1nc(N)nc(N)c1N.C[13CH]=O.C[13CH]=O.C[13CH]=O.[13CH3]/[13CH]=[13CH]/C(=O)N[13CH2][13C](=O)O.[13CH3]/[13CH]=[13CH]/C(=O)N[13CH2][13C](=O)O.[13CH3][13CH3].[13CH3][13CH3].[13CH3][13CH3]. The van der Waals surface area contributed by atoms with Gasteiger partial charge in [0.2, 0.25) is 41.5 Å². The number of aromatic nitrogens is 14. The van der Waals surface area contributed by atoms with Gasteiger partial charge in [0.1, 0.15) is 56.0 Å². The molecular formula is C85H134N32O16. The molecule has 0 aliphatic heterocycles. The van der Waals surface area contributed by atoms with Gasteiger partial charge < -0.3 is 122 Å². The summed E-state index contributed by atoms with van der Waals surface area (Å²) in [5.74, 6) is -4.67. The van der Waals surface area contributed by atoms with Crippen molar-refractivity contribution < 1.29 is 78.0 Å². The van der Waals surface area contributed by atoms with Gasteiger partial charge in [0.05, 0.1) is 42.2 Å². The number of nitrogens with two attached hydrogens (primary N) is 9. The van der Waals surface area contributed by atoms with Crippen molar-refractivity contribution in [2.45, 2.75) is 142 Å². The molecule has 1 atom stereocenters. The Morgan fingerprint density at radius 2 is 0.789 bits per heavy atom. The van der Waals surface area contributed by atoms with Crippen LogP contribution < -0.4 is 77.8 Å². The highest BCUT2D eigenvalue weighted by atomic mass is 16.5. The first-order valence-electron chi connectivity index (χ1n) is 40.3. The molecule has 0 fully saturated rings. The molecule has 0 aliphatic rings. The van der Waals surface area contributed by atoms with Gasteiger partial charge in [0.15, 0.2) is 62.6 Å². The van der Waals surface area contributed by atoms with Crippen molar-refractivity contribution in [2.24, 2.45) is 4.99 Å². The summed E-state index contributed by atoms with van der Waals surface area (Å²) in [5.41, 5.74) is 56.8. The number of allylic oxidation sites excluding steroid dienone is 3. The number of likely N-dealkylation sites (N-methyl/N-ethyl adjacent to an activating group) is 3. The maximum atomic E-state index is 11.9. The number of nitrogens with zero attached hydrogens (tertiary/aromatic N) is 19. The Morgan fingerprint density at radius 3 is 1.13 bits per heavy atom. The number of hydrogen-bond donors (Lipinski definition) is 17. The van der Waals surface area contributed by atoms with Crippen LogP contribution in [0.15, 0.2) is 122 Å². The third kappa shape index (κ3) is 60.4. The summed E-state index contributed by atoms with van der Waals surface area (Å²) in [7, 11) is 7.80. The van der Waals surface area contributed by atoms with Crippen LogP contribution in [0, 0.1) is 0 Å². The summed E-state index contributed by atoms with van der Waals surface area (Å²) in [5, 5.41) is 42.5. The Labute approximate surface area is 774 Å². The highest BCUT2D eigenvalue weighted by molar-refractivity contribution is 5.96. The zero-order valence-electron chi connectivity index (χ0n) is 77.8. The van der Waals surface area contributed by atoms with Crippen LogP contribution in [-0.4, -0.2) is 263 Å². The van der Waals surface area contributed by atoms with E-state index in [1.807, 2.05) is 92.9 Å². The molecule has 0 saturated heterocycles. The topological polar surface area (TPSA) is 774 Å². The number of nitrogen functional groups attached to an aromatic ring is 9. The number of carbonyl (C=O) groups is 12. The Kier molecular flexibility index (Phi) is 74.1. The van der Waals surface area contributed by atoms with Gasteiger partial charge in [-0.05, 0) is 125 Å². The molecule has 730 valence electrons. The standard InChI is InChI=1S/C17H18N8O3.2C11H15N7.C11H19N7.C10H15NO4.2C6H9NO3.3C2H4O.3C2H6.CH4/c1-25(11-4-2-9(3-5-11)16(28)21-7-12(26)27)8-10-6-20-15-13(22-10)14(18)23-17(19)24-15;2*1-3-4-18(2)6-7-5-14-10-8(15-7)9(12)16-11(13)17-10;1-3-6-18(2)7-4-5-15-10-8(12)9(13)16-11(14)17-10;1-3-4-9(13)11-8(10(14)15)6-5-7(2)12;2*1-2-3-5(8)7-4-6(9)10;3*1-2-3;3*1-2;/h2-6H,7-8H2,1H3,(H,21,28)(H,26,27)(H4,18,19,20,23,24);2*3,5H,1,4,6H2,2H3,(H4,12,13,14,16,17);3,5H,1,4,6-7,12H2,2H3,(H4,13,14,16,17);3-4,8H,5-6H2,1-2H3,(H,11,13)(H,14,15);2*2-3H,4H2,1H3,(H,7,8)(H,9,10);3*2H,1H3;3*1-2H3;1H4/b;;;;4-3+;2*3-2+;;;;;;;/t;;;;8-;;;;;;;;;/m....0........./s1/i7+1,12+1;2*1+1,3+1,4+1;1+1,3+1,4+1,5+1,6+1,7+1;1+1,3+1,4+1;2*1+1,2+1,3+1,4+1,6+1;3*2+1;3*1+1,2+1;. The highest BCUT2D eigenvalue weighted by Crippen LogP contribution is 2.25. The van der Waals surface area contributed by atoms with Gasteiger partial charge in [0.25, 0.3) is 5.91 Å². The van der Waals surface area contributed by atoms with Crippen molar-refractivity contribution in [3.63, 3.8) is 0 Å². The van der Waals surface area contributed by atoms with Crippen LogP contribution in [0.3, 0.4) is 0 Å². The summed E-state index contributed by atoms with van der Waals surface area (Å²) in [6, 6.07) is 5.73. The molecule has 48 nitrogen and oxygen atoms in total. The largest absolute Gasteiger partial charge is 0.480 e. The minimum absolute atomic E-state index is 0. The van der Waals surface area contributed by atoms with Gasteiger partial charge in [-0.15, -0.1) is 19.7 Å². The second-order valence-corrected chi connectivity index (χ2v) is 24.9. The van der Waals surface area contributed by atoms with E-state index < -0.39 is 48.3 Å². The number of aldehydes is 3. The number of aliphatic carboxylic acids is 4. The average Bonchev–Trinajstić information content (AvgIpc) is 0.815. The normalized spacial score (nSPS) is 10.0. The number of rotatable bonds is 32. The van der Waals surface area contributed by atoms with E-state index in [-0.39, 0.29) is 104 Å². The predicted molar refractivity (Wildman–Crippen MR) is 520 cm³/mol. The summed E-state index contributed by atoms with van der Waals surface area (Å²) >= 11 is 0. The molecule has 4 amide bonds. The summed E-state index contributed by atoms with van der Waals surface area (Å²) in [6.45, 7) is 37.7. The fourth-order valence-corrected chi connectivity index (χ4v) is 8.81. The van der Waals surface area contributed by atoms with E-state index in [0.29, 0.717) is 70.2 Å². The van der Waals surface area contributed by atoms with Crippen LogP contribution in [0.25, 0.3) is 33.5 Å². The minimum Gasteiger partial charge on any atom is -0.480 e. The van der Waals surface area contributed by atoms with Gasteiger partial charge in [-0.1, -0.05) is 85.4 Å². The molecule has 48 heteroatoms. The average molecular weight is 1900 g/mol. The lowest BCUT2D eigenvalue weighted by Gasteiger charge is -2.19.